The lowest BCUT2D eigenvalue weighted by Crippen LogP contribution is -2.28. The molecule has 1 aromatic carbocycles. The van der Waals surface area contributed by atoms with Gasteiger partial charge in [-0.15, -0.1) is 0 Å². The molecule has 96 valence electrons. The van der Waals surface area contributed by atoms with Crippen LogP contribution in [0.5, 0.6) is 0 Å². The molecule has 1 heterocycles. The van der Waals surface area contributed by atoms with Gasteiger partial charge in [0.2, 0.25) is 5.91 Å². The molecule has 1 atom stereocenters. The van der Waals surface area contributed by atoms with Crippen molar-refractivity contribution in [1.82, 2.24) is 4.98 Å². The first-order valence-corrected chi connectivity index (χ1v) is 6.43. The molecular formula is C12H15N3O2S. The number of methoxy groups -OCH3 is 1. The first-order valence-electron chi connectivity index (χ1n) is 5.61. The van der Waals surface area contributed by atoms with E-state index in [4.69, 9.17) is 10.5 Å². The van der Waals surface area contributed by atoms with Crippen LogP contribution in [0.3, 0.4) is 0 Å². The second kappa shape index (κ2) is 5.90. The fraction of sp³-hybridized carbons (Fsp3) is 0.333. The molecule has 0 radical (unpaired) electrons. The molecule has 5 nitrogen and oxygen atoms in total. The number of amides is 1. The van der Waals surface area contributed by atoms with Crippen molar-refractivity contribution in [3.63, 3.8) is 0 Å². The molecule has 18 heavy (non-hydrogen) atoms. The average Bonchev–Trinajstić information content (AvgIpc) is 2.77. The van der Waals surface area contributed by atoms with Crippen LogP contribution in [0, 0.1) is 0 Å². The smallest absolute Gasteiger partial charge is 0.228 e. The molecule has 2 rings (SSSR count). The summed E-state index contributed by atoms with van der Waals surface area (Å²) in [5, 5.41) is 3.37. The van der Waals surface area contributed by atoms with Gasteiger partial charge < -0.3 is 15.8 Å². The summed E-state index contributed by atoms with van der Waals surface area (Å²) >= 11 is 1.45. The summed E-state index contributed by atoms with van der Waals surface area (Å²) in [6.07, 6.45) is -0.0116. The number of thiazole rings is 1. The number of nitrogens with two attached hydrogens (primary N) is 1. The second-order valence-electron chi connectivity index (χ2n) is 3.83. The Bertz CT molecular complexity index is 504. The van der Waals surface area contributed by atoms with Crippen molar-refractivity contribution in [2.45, 2.75) is 12.5 Å². The largest absolute Gasteiger partial charge is 0.380 e. The standard InChI is InChI=1S/C12H15N3O2S/c1-17-8(7-13)6-11(16)15-12-14-9-4-2-3-5-10(9)18-12/h2-5,8H,6-7,13H2,1H3,(H,14,15,16). The van der Waals surface area contributed by atoms with Gasteiger partial charge in [-0.1, -0.05) is 23.5 Å². The third-order valence-corrected chi connectivity index (χ3v) is 3.50. The molecule has 0 aliphatic carbocycles. The number of para-hydroxylation sites is 1. The number of hydrogen-bond acceptors (Lipinski definition) is 5. The van der Waals surface area contributed by atoms with Gasteiger partial charge in [0.15, 0.2) is 5.13 Å². The summed E-state index contributed by atoms with van der Waals surface area (Å²) in [7, 11) is 1.54. The van der Waals surface area contributed by atoms with Gasteiger partial charge in [0.25, 0.3) is 0 Å². The lowest BCUT2D eigenvalue weighted by Gasteiger charge is -2.11. The van der Waals surface area contributed by atoms with Gasteiger partial charge in [0, 0.05) is 13.7 Å². The molecule has 0 aliphatic rings. The Morgan fingerprint density at radius 2 is 2.33 bits per heavy atom. The first kappa shape index (κ1) is 12.9. The number of nitrogens with zero attached hydrogens (tertiary/aromatic N) is 1. The summed E-state index contributed by atoms with van der Waals surface area (Å²) in [6, 6.07) is 7.75. The Morgan fingerprint density at radius 3 is 3.00 bits per heavy atom. The molecule has 0 fully saturated rings. The van der Waals surface area contributed by atoms with E-state index in [0.29, 0.717) is 11.7 Å². The topological polar surface area (TPSA) is 77.2 Å². The highest BCUT2D eigenvalue weighted by molar-refractivity contribution is 7.22. The number of fused-ring (bicyclic) bond motifs is 1. The van der Waals surface area contributed by atoms with Crippen LogP contribution < -0.4 is 11.1 Å². The van der Waals surface area contributed by atoms with Crippen LogP contribution in [0.25, 0.3) is 10.2 Å². The number of aromatic nitrogens is 1. The van der Waals surface area contributed by atoms with Gasteiger partial charge in [0.1, 0.15) is 0 Å². The van der Waals surface area contributed by atoms with Gasteiger partial charge in [-0.05, 0) is 12.1 Å². The SMILES string of the molecule is COC(CN)CC(=O)Nc1nc2ccccc2s1. The highest BCUT2D eigenvalue weighted by Gasteiger charge is 2.13. The number of anilines is 1. The predicted molar refractivity (Wildman–Crippen MR) is 72.7 cm³/mol. The summed E-state index contributed by atoms with van der Waals surface area (Å²) in [4.78, 5) is 16.1. The third kappa shape index (κ3) is 3.04. The molecule has 0 saturated carbocycles. The molecular weight excluding hydrogens is 250 g/mol. The lowest BCUT2D eigenvalue weighted by atomic mass is 10.2. The van der Waals surface area contributed by atoms with Crippen LogP contribution in [-0.4, -0.2) is 30.6 Å². The number of hydrogen-bond donors (Lipinski definition) is 2. The van der Waals surface area contributed by atoms with E-state index < -0.39 is 0 Å². The average molecular weight is 265 g/mol. The van der Waals surface area contributed by atoms with E-state index in [0.717, 1.165) is 10.2 Å². The maximum absolute atomic E-state index is 11.7. The minimum absolute atomic E-state index is 0.133. The highest BCUT2D eigenvalue weighted by atomic mass is 32.1. The van der Waals surface area contributed by atoms with E-state index in [2.05, 4.69) is 10.3 Å². The molecule has 2 aromatic rings. The molecule has 0 spiro atoms. The summed E-state index contributed by atoms with van der Waals surface area (Å²) in [5.41, 5.74) is 6.36. The van der Waals surface area contributed by atoms with E-state index in [-0.39, 0.29) is 18.4 Å². The molecule has 1 unspecified atom stereocenters. The van der Waals surface area contributed by atoms with E-state index in [1.165, 1.54) is 11.3 Å². The van der Waals surface area contributed by atoms with E-state index in [9.17, 15) is 4.79 Å². The third-order valence-electron chi connectivity index (χ3n) is 2.55. The fourth-order valence-corrected chi connectivity index (χ4v) is 2.45. The van der Waals surface area contributed by atoms with Crippen LogP contribution >= 0.6 is 11.3 Å². The van der Waals surface area contributed by atoms with Crippen LogP contribution in [0.15, 0.2) is 24.3 Å². The first-order chi connectivity index (χ1) is 8.72. The van der Waals surface area contributed by atoms with Crippen molar-refractivity contribution in [3.8, 4) is 0 Å². The Kier molecular flexibility index (Phi) is 4.24. The van der Waals surface area contributed by atoms with Crippen molar-refractivity contribution in [2.24, 2.45) is 5.73 Å². The molecule has 3 N–H and O–H groups in total. The fourth-order valence-electron chi connectivity index (χ4n) is 1.57. The van der Waals surface area contributed by atoms with Crippen molar-refractivity contribution in [1.29, 1.82) is 0 Å². The predicted octanol–water partition coefficient (Wildman–Crippen LogP) is 1.60. The summed E-state index contributed by atoms with van der Waals surface area (Å²) in [6.45, 7) is 0.323. The van der Waals surface area contributed by atoms with Crippen LogP contribution in [-0.2, 0) is 9.53 Å². The number of nitrogens with one attached hydrogen (secondary N) is 1. The summed E-state index contributed by atoms with van der Waals surface area (Å²) < 4.78 is 6.11. The molecule has 1 amide bonds. The van der Waals surface area contributed by atoms with Gasteiger partial charge in [-0.3, -0.25) is 4.79 Å². The van der Waals surface area contributed by atoms with Gasteiger partial charge in [-0.2, -0.15) is 0 Å². The zero-order chi connectivity index (χ0) is 13.0. The normalized spacial score (nSPS) is 12.6. The van der Waals surface area contributed by atoms with Gasteiger partial charge >= 0.3 is 0 Å². The van der Waals surface area contributed by atoms with Crippen molar-refractivity contribution in [2.75, 3.05) is 19.0 Å². The number of carbonyl (C=O) groups is 1. The quantitative estimate of drug-likeness (QED) is 0.860. The minimum Gasteiger partial charge on any atom is -0.380 e. The van der Waals surface area contributed by atoms with Gasteiger partial charge in [-0.25, -0.2) is 4.98 Å². The maximum Gasteiger partial charge on any atom is 0.228 e. The number of benzene rings is 1. The second-order valence-corrected chi connectivity index (χ2v) is 4.86. The van der Waals surface area contributed by atoms with E-state index in [1.807, 2.05) is 24.3 Å². The molecule has 0 bridgehead atoms. The molecule has 6 heteroatoms. The zero-order valence-corrected chi connectivity index (χ0v) is 10.9. The van der Waals surface area contributed by atoms with Crippen molar-refractivity contribution in [3.05, 3.63) is 24.3 Å². The monoisotopic (exact) mass is 265 g/mol. The van der Waals surface area contributed by atoms with E-state index >= 15 is 0 Å². The Balaban J connectivity index is 2.02. The van der Waals surface area contributed by atoms with Crippen LogP contribution in [0.1, 0.15) is 6.42 Å². The Labute approximate surface area is 109 Å². The van der Waals surface area contributed by atoms with Crippen LogP contribution in [0.4, 0.5) is 5.13 Å². The van der Waals surface area contributed by atoms with Gasteiger partial charge in [0.05, 0.1) is 22.7 Å². The molecule has 0 saturated heterocycles. The maximum atomic E-state index is 11.7. The molecule has 0 aliphatic heterocycles. The van der Waals surface area contributed by atoms with E-state index in [1.54, 1.807) is 7.11 Å². The molecule has 1 aromatic heterocycles. The lowest BCUT2D eigenvalue weighted by molar-refractivity contribution is -0.118. The Morgan fingerprint density at radius 1 is 1.56 bits per heavy atom. The Hall–Kier alpha value is -1.50. The minimum atomic E-state index is -0.251. The number of rotatable bonds is 5. The highest BCUT2D eigenvalue weighted by Crippen LogP contribution is 2.25. The zero-order valence-electron chi connectivity index (χ0n) is 10.1. The van der Waals surface area contributed by atoms with Crippen LogP contribution in [0.2, 0.25) is 0 Å². The number of carbonyl (C=O) groups excluding carboxylic acids is 1. The van der Waals surface area contributed by atoms with Crippen molar-refractivity contribution >= 4 is 32.6 Å². The van der Waals surface area contributed by atoms with Crippen molar-refractivity contribution < 1.29 is 9.53 Å². The number of ether oxygens (including phenoxy) is 1. The summed E-state index contributed by atoms with van der Waals surface area (Å²) in [5.74, 6) is -0.133.